The van der Waals surface area contributed by atoms with Crippen LogP contribution < -0.4 is 10.2 Å². The number of aromatic nitrogens is 1. The summed E-state index contributed by atoms with van der Waals surface area (Å²) in [5.41, 5.74) is 1.46. The molecule has 0 saturated carbocycles. The highest BCUT2D eigenvalue weighted by Crippen LogP contribution is 2.32. The van der Waals surface area contributed by atoms with Gasteiger partial charge in [-0.15, -0.1) is 0 Å². The molecular weight excluding hydrogens is 426 g/mol. The lowest BCUT2D eigenvalue weighted by Gasteiger charge is -2.45. The number of hydrogen-bond acceptors (Lipinski definition) is 8. The van der Waals surface area contributed by atoms with Crippen molar-refractivity contribution in [3.8, 4) is 5.75 Å². The van der Waals surface area contributed by atoms with Crippen LogP contribution in [0, 0.1) is 0 Å². The quantitative estimate of drug-likeness (QED) is 0.506. The van der Waals surface area contributed by atoms with Gasteiger partial charge < -0.3 is 14.2 Å². The van der Waals surface area contributed by atoms with Crippen molar-refractivity contribution in [3.05, 3.63) is 54.4 Å². The molecule has 1 aliphatic heterocycles. The predicted molar refractivity (Wildman–Crippen MR) is 109 cm³/mol. The highest BCUT2D eigenvalue weighted by Gasteiger charge is 2.47. The van der Waals surface area contributed by atoms with Gasteiger partial charge in [-0.2, -0.15) is 4.31 Å². The molecule has 11 heteroatoms. The topological polar surface area (TPSA) is 127 Å². The summed E-state index contributed by atoms with van der Waals surface area (Å²) in [6.07, 6.45) is 0.121. The average Bonchev–Trinajstić information content (AvgIpc) is 2.74. The number of hydroxylamine groups is 1. The molecule has 2 N–H and O–H groups in total. The van der Waals surface area contributed by atoms with Gasteiger partial charge in [0, 0.05) is 18.9 Å². The third-order valence-corrected chi connectivity index (χ3v) is 6.45. The standard InChI is InChI=1S/C20H25N3O7S/c1-14-18(29-19(24)22-25)23(13-20(2,3)30-14)31(26,27)17-6-4-16(5-7-17)28-12-15-8-10-21-11-9-15/h4-11,14,18,25H,12-13H2,1-3H3,(H,22,24)/t14-,18+/m0/s1. The molecule has 31 heavy (non-hydrogen) atoms. The number of carbonyl (C=O) groups is 1. The zero-order valence-corrected chi connectivity index (χ0v) is 18.2. The van der Waals surface area contributed by atoms with Gasteiger partial charge in [-0.25, -0.2) is 18.7 Å². The Morgan fingerprint density at radius 1 is 1.26 bits per heavy atom. The first kappa shape index (κ1) is 22.9. The van der Waals surface area contributed by atoms with Crippen molar-refractivity contribution in [2.24, 2.45) is 0 Å². The number of hydrogen-bond donors (Lipinski definition) is 2. The molecule has 168 valence electrons. The molecule has 3 rings (SSSR count). The highest BCUT2D eigenvalue weighted by atomic mass is 32.2. The number of pyridine rings is 1. The highest BCUT2D eigenvalue weighted by molar-refractivity contribution is 7.89. The predicted octanol–water partition coefficient (Wildman–Crippen LogP) is 2.29. The minimum Gasteiger partial charge on any atom is -0.489 e. The van der Waals surface area contributed by atoms with Crippen molar-refractivity contribution in [1.82, 2.24) is 14.8 Å². The van der Waals surface area contributed by atoms with Crippen molar-refractivity contribution in [3.63, 3.8) is 0 Å². The van der Waals surface area contributed by atoms with Crippen LogP contribution in [-0.4, -0.2) is 53.5 Å². The summed E-state index contributed by atoms with van der Waals surface area (Å²) in [7, 11) is -4.05. The molecule has 1 amide bonds. The fourth-order valence-corrected chi connectivity index (χ4v) is 5.02. The molecule has 2 aromatic rings. The van der Waals surface area contributed by atoms with Crippen LogP contribution in [0.4, 0.5) is 4.79 Å². The Labute approximate surface area is 180 Å². The summed E-state index contributed by atoms with van der Waals surface area (Å²) in [6.45, 7) is 5.34. The number of morpholine rings is 1. The smallest absolute Gasteiger partial charge is 0.432 e. The molecule has 2 atom stereocenters. The van der Waals surface area contributed by atoms with Gasteiger partial charge in [-0.05, 0) is 62.7 Å². The number of rotatable bonds is 6. The van der Waals surface area contributed by atoms with Crippen LogP contribution in [0.25, 0.3) is 0 Å². The SMILES string of the molecule is C[C@@H]1OC(C)(C)CN(S(=O)(=O)c2ccc(OCc3ccncc3)cc2)[C@@H]1OC(=O)NO. The molecule has 0 radical (unpaired) electrons. The molecule has 0 aliphatic carbocycles. The van der Waals surface area contributed by atoms with E-state index in [2.05, 4.69) is 4.98 Å². The Bertz CT molecular complexity index is 997. The maximum Gasteiger partial charge on any atom is 0.432 e. The van der Waals surface area contributed by atoms with E-state index in [-0.39, 0.29) is 11.4 Å². The van der Waals surface area contributed by atoms with Crippen LogP contribution in [0.3, 0.4) is 0 Å². The summed E-state index contributed by atoms with van der Waals surface area (Å²) in [5, 5.41) is 8.77. The molecule has 10 nitrogen and oxygen atoms in total. The lowest BCUT2D eigenvalue weighted by Crippen LogP contribution is -2.61. The fourth-order valence-electron chi connectivity index (χ4n) is 3.30. The third-order valence-electron chi connectivity index (χ3n) is 4.63. The van der Waals surface area contributed by atoms with E-state index < -0.39 is 34.0 Å². The van der Waals surface area contributed by atoms with Gasteiger partial charge in [-0.1, -0.05) is 0 Å². The second-order valence-corrected chi connectivity index (χ2v) is 9.55. The third kappa shape index (κ3) is 5.50. The van der Waals surface area contributed by atoms with Crippen LogP contribution in [-0.2, 0) is 26.1 Å². The maximum absolute atomic E-state index is 13.3. The monoisotopic (exact) mass is 451 g/mol. The van der Waals surface area contributed by atoms with E-state index in [9.17, 15) is 13.2 Å². The summed E-state index contributed by atoms with van der Waals surface area (Å²) in [6, 6.07) is 9.60. The maximum atomic E-state index is 13.3. The number of ether oxygens (including phenoxy) is 3. The van der Waals surface area contributed by atoms with Crippen molar-refractivity contribution in [2.45, 2.75) is 50.2 Å². The van der Waals surface area contributed by atoms with Crippen LogP contribution in [0.1, 0.15) is 26.3 Å². The second kappa shape index (κ2) is 9.18. The Balaban J connectivity index is 1.81. The second-order valence-electron chi connectivity index (χ2n) is 7.66. The Hall–Kier alpha value is -2.73. The zero-order chi connectivity index (χ0) is 22.6. The van der Waals surface area contributed by atoms with Gasteiger partial charge in [0.15, 0.2) is 6.23 Å². The number of benzene rings is 1. The minimum atomic E-state index is -4.05. The van der Waals surface area contributed by atoms with Gasteiger partial charge in [0.25, 0.3) is 0 Å². The summed E-state index contributed by atoms with van der Waals surface area (Å²) >= 11 is 0. The first-order chi connectivity index (χ1) is 14.6. The number of amides is 1. The summed E-state index contributed by atoms with van der Waals surface area (Å²) < 4.78 is 44.3. The Kier molecular flexibility index (Phi) is 6.80. The zero-order valence-electron chi connectivity index (χ0n) is 17.4. The summed E-state index contributed by atoms with van der Waals surface area (Å²) in [5.74, 6) is 0.499. The van der Waals surface area contributed by atoms with Crippen molar-refractivity contribution < 1.29 is 32.6 Å². The van der Waals surface area contributed by atoms with E-state index in [1.807, 2.05) is 12.1 Å². The van der Waals surface area contributed by atoms with E-state index in [4.69, 9.17) is 19.4 Å². The number of nitrogens with zero attached hydrogens (tertiary/aromatic N) is 2. The van der Waals surface area contributed by atoms with Crippen LogP contribution in [0.2, 0.25) is 0 Å². The molecule has 1 aliphatic rings. The van der Waals surface area contributed by atoms with E-state index in [0.29, 0.717) is 12.4 Å². The minimum absolute atomic E-state index is 0.00617. The van der Waals surface area contributed by atoms with Crippen LogP contribution in [0.5, 0.6) is 5.75 Å². The molecule has 0 bridgehead atoms. The number of sulfonamides is 1. The van der Waals surface area contributed by atoms with E-state index in [0.717, 1.165) is 9.87 Å². The molecule has 2 heterocycles. The lowest BCUT2D eigenvalue weighted by molar-refractivity contribution is -0.190. The molecule has 0 unspecified atom stereocenters. The first-order valence-electron chi connectivity index (χ1n) is 9.54. The molecular formula is C20H25N3O7S. The lowest BCUT2D eigenvalue weighted by atomic mass is 10.1. The van der Waals surface area contributed by atoms with Crippen molar-refractivity contribution in [1.29, 1.82) is 0 Å². The first-order valence-corrected chi connectivity index (χ1v) is 11.0. The normalized spacial score (nSPS) is 21.3. The number of nitrogens with one attached hydrogen (secondary N) is 1. The van der Waals surface area contributed by atoms with E-state index in [1.54, 1.807) is 45.3 Å². The fraction of sp³-hybridized carbons (Fsp3) is 0.400. The van der Waals surface area contributed by atoms with Crippen LogP contribution in [0.15, 0.2) is 53.7 Å². The Morgan fingerprint density at radius 3 is 2.52 bits per heavy atom. The van der Waals surface area contributed by atoms with Crippen molar-refractivity contribution in [2.75, 3.05) is 6.54 Å². The van der Waals surface area contributed by atoms with E-state index in [1.165, 1.54) is 17.6 Å². The van der Waals surface area contributed by atoms with Gasteiger partial charge in [0.1, 0.15) is 18.5 Å². The molecule has 1 aromatic carbocycles. The largest absolute Gasteiger partial charge is 0.489 e. The average molecular weight is 452 g/mol. The van der Waals surface area contributed by atoms with Gasteiger partial charge in [0.2, 0.25) is 10.0 Å². The molecule has 0 spiro atoms. The van der Waals surface area contributed by atoms with Crippen molar-refractivity contribution >= 4 is 16.1 Å². The van der Waals surface area contributed by atoms with Gasteiger partial charge in [0.05, 0.1) is 10.5 Å². The number of carbonyl (C=O) groups excluding carboxylic acids is 1. The van der Waals surface area contributed by atoms with Crippen LogP contribution >= 0.6 is 0 Å². The Morgan fingerprint density at radius 2 is 1.90 bits per heavy atom. The molecule has 1 saturated heterocycles. The summed E-state index contributed by atoms with van der Waals surface area (Å²) in [4.78, 5) is 15.5. The van der Waals surface area contributed by atoms with Gasteiger partial charge in [-0.3, -0.25) is 10.2 Å². The molecule has 1 fully saturated rings. The van der Waals surface area contributed by atoms with Gasteiger partial charge >= 0.3 is 6.09 Å². The van der Waals surface area contributed by atoms with E-state index >= 15 is 0 Å². The molecule has 1 aromatic heterocycles.